The zero-order valence-corrected chi connectivity index (χ0v) is 8.48. The summed E-state index contributed by atoms with van der Waals surface area (Å²) < 4.78 is 40.7. The van der Waals surface area contributed by atoms with Crippen molar-refractivity contribution in [2.24, 2.45) is 0 Å². The highest BCUT2D eigenvalue weighted by Crippen LogP contribution is 2.22. The summed E-state index contributed by atoms with van der Waals surface area (Å²) in [4.78, 5) is 10.9. The molecule has 2 nitrogen and oxygen atoms in total. The third-order valence-electron chi connectivity index (χ3n) is 2.40. The molecule has 0 radical (unpaired) electrons. The number of ketones is 1. The van der Waals surface area contributed by atoms with Crippen LogP contribution in [0.3, 0.4) is 0 Å². The lowest BCUT2D eigenvalue weighted by Crippen LogP contribution is -2.15. The average Bonchev–Trinajstić information content (AvgIpc) is 2.53. The molecule has 1 heterocycles. The minimum atomic E-state index is -4.36. The van der Waals surface area contributed by atoms with Crippen molar-refractivity contribution in [2.45, 2.75) is 50.8 Å². The Bertz CT molecular complexity index is 207. The standard InChI is InChI=1S/C10H15F3O2/c11-10(12,13)7-8(14)3-1-4-9-5-2-6-15-9/h9H,1-7H2. The summed E-state index contributed by atoms with van der Waals surface area (Å²) in [7, 11) is 0. The molecule has 1 aliphatic rings. The van der Waals surface area contributed by atoms with Gasteiger partial charge in [0, 0.05) is 13.0 Å². The second-order valence-electron chi connectivity index (χ2n) is 3.86. The van der Waals surface area contributed by atoms with Crippen LogP contribution in [0.15, 0.2) is 0 Å². The van der Waals surface area contributed by atoms with E-state index in [0.29, 0.717) is 12.8 Å². The molecule has 1 unspecified atom stereocenters. The van der Waals surface area contributed by atoms with E-state index in [2.05, 4.69) is 0 Å². The number of Topliss-reactive ketones (excluding diaryl/α,β-unsaturated/α-hetero) is 1. The van der Waals surface area contributed by atoms with Gasteiger partial charge in [-0.1, -0.05) is 0 Å². The maximum atomic E-state index is 11.8. The molecule has 15 heavy (non-hydrogen) atoms. The molecular weight excluding hydrogens is 209 g/mol. The van der Waals surface area contributed by atoms with Gasteiger partial charge < -0.3 is 4.74 Å². The molecule has 0 aromatic heterocycles. The zero-order valence-electron chi connectivity index (χ0n) is 8.48. The molecule has 0 spiro atoms. The lowest BCUT2D eigenvalue weighted by atomic mass is 10.1. The van der Waals surface area contributed by atoms with Crippen LogP contribution in [0.1, 0.15) is 38.5 Å². The highest BCUT2D eigenvalue weighted by Gasteiger charge is 2.30. The van der Waals surface area contributed by atoms with Crippen molar-refractivity contribution in [1.29, 1.82) is 0 Å². The van der Waals surface area contributed by atoms with Gasteiger partial charge in [-0.3, -0.25) is 4.79 Å². The summed E-state index contributed by atoms with van der Waals surface area (Å²) in [6.45, 7) is 0.737. The molecule has 1 aliphatic heterocycles. The lowest BCUT2D eigenvalue weighted by Gasteiger charge is -2.08. The number of hydrogen-bond acceptors (Lipinski definition) is 2. The Hall–Kier alpha value is -0.580. The van der Waals surface area contributed by atoms with E-state index < -0.39 is 18.4 Å². The van der Waals surface area contributed by atoms with Crippen LogP contribution < -0.4 is 0 Å². The Morgan fingerprint density at radius 3 is 2.67 bits per heavy atom. The number of ether oxygens (including phenoxy) is 1. The second kappa shape index (κ2) is 5.49. The molecule has 1 atom stereocenters. The molecule has 0 N–H and O–H groups in total. The van der Waals surface area contributed by atoms with Crippen molar-refractivity contribution in [3.63, 3.8) is 0 Å². The molecule has 0 amide bonds. The van der Waals surface area contributed by atoms with E-state index >= 15 is 0 Å². The Morgan fingerprint density at radius 2 is 2.13 bits per heavy atom. The predicted octanol–water partition coefficient (Wildman–Crippen LogP) is 2.86. The summed E-state index contributed by atoms with van der Waals surface area (Å²) in [6.07, 6.45) is -2.31. The van der Waals surface area contributed by atoms with Gasteiger partial charge in [-0.05, 0) is 25.7 Å². The minimum Gasteiger partial charge on any atom is -0.378 e. The minimum absolute atomic E-state index is 0.0133. The third-order valence-corrected chi connectivity index (χ3v) is 2.40. The Balaban J connectivity index is 2.06. The Morgan fingerprint density at radius 1 is 1.40 bits per heavy atom. The Labute approximate surface area is 86.8 Å². The molecule has 1 saturated heterocycles. The largest absolute Gasteiger partial charge is 0.395 e. The first-order valence-electron chi connectivity index (χ1n) is 5.17. The Kier molecular flexibility index (Phi) is 4.57. The first kappa shape index (κ1) is 12.5. The fraction of sp³-hybridized carbons (Fsp3) is 0.900. The van der Waals surface area contributed by atoms with Crippen molar-refractivity contribution < 1.29 is 22.7 Å². The molecule has 1 rings (SSSR count). The highest BCUT2D eigenvalue weighted by molar-refractivity contribution is 5.78. The molecule has 1 fully saturated rings. The van der Waals surface area contributed by atoms with Crippen LogP contribution in [0, 0.1) is 0 Å². The smallest absolute Gasteiger partial charge is 0.378 e. The number of alkyl halides is 3. The zero-order chi connectivity index (χ0) is 11.3. The quantitative estimate of drug-likeness (QED) is 0.717. The number of rotatable bonds is 5. The van der Waals surface area contributed by atoms with Gasteiger partial charge in [0.15, 0.2) is 0 Å². The molecule has 0 aliphatic carbocycles. The van der Waals surface area contributed by atoms with Gasteiger partial charge in [0.25, 0.3) is 0 Å². The van der Waals surface area contributed by atoms with Crippen molar-refractivity contribution in [3.05, 3.63) is 0 Å². The predicted molar refractivity (Wildman–Crippen MR) is 48.5 cm³/mol. The third kappa shape index (κ3) is 5.77. The van der Waals surface area contributed by atoms with Gasteiger partial charge in [0.05, 0.1) is 6.10 Å². The maximum absolute atomic E-state index is 11.8. The van der Waals surface area contributed by atoms with Crippen LogP contribution in [0.2, 0.25) is 0 Å². The van der Waals surface area contributed by atoms with E-state index in [1.165, 1.54) is 0 Å². The topological polar surface area (TPSA) is 26.3 Å². The van der Waals surface area contributed by atoms with E-state index in [0.717, 1.165) is 19.4 Å². The maximum Gasteiger partial charge on any atom is 0.395 e. The molecule has 5 heteroatoms. The van der Waals surface area contributed by atoms with Crippen LogP contribution in [0.5, 0.6) is 0 Å². The van der Waals surface area contributed by atoms with Crippen LogP contribution in [-0.2, 0) is 9.53 Å². The van der Waals surface area contributed by atoms with Gasteiger partial charge in [-0.2, -0.15) is 13.2 Å². The average molecular weight is 224 g/mol. The number of carbonyl (C=O) groups is 1. The summed E-state index contributed by atoms with van der Waals surface area (Å²) in [5, 5.41) is 0. The summed E-state index contributed by atoms with van der Waals surface area (Å²) in [5.74, 6) is -0.722. The number of halogens is 3. The molecular formula is C10H15F3O2. The SMILES string of the molecule is O=C(CCCC1CCCO1)CC(F)(F)F. The first-order valence-corrected chi connectivity index (χ1v) is 5.17. The molecule has 0 bridgehead atoms. The monoisotopic (exact) mass is 224 g/mol. The normalized spacial score (nSPS) is 21.9. The van der Waals surface area contributed by atoms with Crippen molar-refractivity contribution in [1.82, 2.24) is 0 Å². The first-order chi connectivity index (χ1) is 6.97. The van der Waals surface area contributed by atoms with Gasteiger partial charge in [0.2, 0.25) is 0 Å². The van der Waals surface area contributed by atoms with E-state index in [1.807, 2.05) is 0 Å². The van der Waals surface area contributed by atoms with Crippen molar-refractivity contribution in [3.8, 4) is 0 Å². The van der Waals surface area contributed by atoms with Crippen molar-refractivity contribution in [2.75, 3.05) is 6.61 Å². The van der Waals surface area contributed by atoms with Crippen LogP contribution >= 0.6 is 0 Å². The van der Waals surface area contributed by atoms with Crippen LogP contribution in [0.25, 0.3) is 0 Å². The molecule has 0 aromatic carbocycles. The van der Waals surface area contributed by atoms with Crippen molar-refractivity contribution >= 4 is 5.78 Å². The summed E-state index contributed by atoms with van der Waals surface area (Å²) >= 11 is 0. The summed E-state index contributed by atoms with van der Waals surface area (Å²) in [6, 6.07) is 0. The molecule has 0 saturated carbocycles. The molecule has 0 aromatic rings. The van der Waals surface area contributed by atoms with Gasteiger partial charge in [0.1, 0.15) is 12.2 Å². The fourth-order valence-corrected chi connectivity index (χ4v) is 1.71. The van der Waals surface area contributed by atoms with E-state index in [-0.39, 0.29) is 12.5 Å². The summed E-state index contributed by atoms with van der Waals surface area (Å²) in [5.41, 5.74) is 0. The van der Waals surface area contributed by atoms with Gasteiger partial charge in [-0.15, -0.1) is 0 Å². The number of carbonyl (C=O) groups excluding carboxylic acids is 1. The number of hydrogen-bond donors (Lipinski definition) is 0. The van der Waals surface area contributed by atoms with Gasteiger partial charge in [-0.25, -0.2) is 0 Å². The van der Waals surface area contributed by atoms with E-state index in [4.69, 9.17) is 4.74 Å². The van der Waals surface area contributed by atoms with E-state index in [9.17, 15) is 18.0 Å². The lowest BCUT2D eigenvalue weighted by molar-refractivity contribution is -0.152. The fourth-order valence-electron chi connectivity index (χ4n) is 1.71. The highest BCUT2D eigenvalue weighted by atomic mass is 19.4. The molecule has 88 valence electrons. The van der Waals surface area contributed by atoms with E-state index in [1.54, 1.807) is 0 Å². The van der Waals surface area contributed by atoms with Gasteiger partial charge >= 0.3 is 6.18 Å². The van der Waals surface area contributed by atoms with Crippen LogP contribution in [0.4, 0.5) is 13.2 Å². The second-order valence-corrected chi connectivity index (χ2v) is 3.86. The van der Waals surface area contributed by atoms with Crippen LogP contribution in [-0.4, -0.2) is 24.7 Å².